The zero-order valence-electron chi connectivity index (χ0n) is 13.6. The number of hydrogen-bond donors (Lipinski definition) is 2. The summed E-state index contributed by atoms with van der Waals surface area (Å²) in [5.41, 5.74) is 1.01. The number of rotatable bonds is 4. The van der Waals surface area contributed by atoms with E-state index in [1.165, 1.54) is 18.2 Å². The number of amides is 3. The van der Waals surface area contributed by atoms with Gasteiger partial charge in [0, 0.05) is 10.7 Å². The number of carbonyl (C=O) groups is 3. The van der Waals surface area contributed by atoms with Crippen LogP contribution in [0.4, 0.5) is 10.5 Å². The molecule has 9 heteroatoms. The number of aromatic hydroxyl groups is 1. The smallest absolute Gasteiger partial charge is 0.294 e. The molecular weight excluding hydrogens is 411 g/mol. The fourth-order valence-electron chi connectivity index (χ4n) is 2.31. The highest BCUT2D eigenvalue weighted by Gasteiger charge is 2.36. The minimum absolute atomic E-state index is 0.0837. The molecule has 2 aromatic rings. The van der Waals surface area contributed by atoms with Crippen LogP contribution in [0.3, 0.4) is 0 Å². The van der Waals surface area contributed by atoms with Crippen molar-refractivity contribution in [2.24, 2.45) is 0 Å². The van der Waals surface area contributed by atoms with E-state index in [0.29, 0.717) is 16.3 Å². The van der Waals surface area contributed by atoms with Gasteiger partial charge in [0.2, 0.25) is 5.91 Å². The highest BCUT2D eigenvalue weighted by molar-refractivity contribution is 8.18. The lowest BCUT2D eigenvalue weighted by atomic mass is 10.2. The number of carbonyl (C=O) groups excluding carboxylic acids is 3. The molecule has 1 saturated heterocycles. The van der Waals surface area contributed by atoms with Gasteiger partial charge in [0.05, 0.1) is 9.93 Å². The number of halogens is 2. The molecule has 0 bridgehead atoms. The second kappa shape index (κ2) is 8.04. The molecule has 1 aliphatic heterocycles. The van der Waals surface area contributed by atoms with Crippen LogP contribution in [-0.2, 0) is 9.59 Å². The first-order valence-electron chi connectivity index (χ1n) is 7.63. The van der Waals surface area contributed by atoms with Gasteiger partial charge >= 0.3 is 0 Å². The number of thioether (sulfide) groups is 1. The largest absolute Gasteiger partial charge is 0.506 e. The Morgan fingerprint density at radius 1 is 1.19 bits per heavy atom. The molecule has 0 atom stereocenters. The van der Waals surface area contributed by atoms with Gasteiger partial charge in [-0.25, -0.2) is 0 Å². The van der Waals surface area contributed by atoms with Gasteiger partial charge in [-0.15, -0.1) is 0 Å². The number of hydrogen-bond acceptors (Lipinski definition) is 5. The van der Waals surface area contributed by atoms with Crippen molar-refractivity contribution in [3.63, 3.8) is 0 Å². The summed E-state index contributed by atoms with van der Waals surface area (Å²) in [6.45, 7) is -0.412. The summed E-state index contributed by atoms with van der Waals surface area (Å²) >= 11 is 12.4. The quantitative estimate of drug-likeness (QED) is 0.714. The van der Waals surface area contributed by atoms with Crippen molar-refractivity contribution in [1.29, 1.82) is 0 Å². The van der Waals surface area contributed by atoms with Gasteiger partial charge in [-0.05, 0) is 53.7 Å². The highest BCUT2D eigenvalue weighted by atomic mass is 35.5. The molecule has 1 heterocycles. The molecule has 0 spiro atoms. The van der Waals surface area contributed by atoms with Gasteiger partial charge in [0.15, 0.2) is 0 Å². The van der Waals surface area contributed by atoms with Crippen LogP contribution in [0.2, 0.25) is 10.0 Å². The summed E-state index contributed by atoms with van der Waals surface area (Å²) in [6.07, 6.45) is 1.48. The fraction of sp³-hybridized carbons (Fsp3) is 0.0556. The molecule has 2 N–H and O–H groups in total. The van der Waals surface area contributed by atoms with E-state index in [2.05, 4.69) is 5.32 Å². The monoisotopic (exact) mass is 422 g/mol. The Hall–Kier alpha value is -2.48. The Bertz CT molecular complexity index is 978. The van der Waals surface area contributed by atoms with Crippen molar-refractivity contribution < 1.29 is 19.5 Å². The van der Waals surface area contributed by atoms with Crippen LogP contribution < -0.4 is 5.32 Å². The maximum absolute atomic E-state index is 12.4. The molecule has 2 aromatic carbocycles. The number of anilines is 1. The summed E-state index contributed by atoms with van der Waals surface area (Å²) in [7, 11) is 0. The predicted octanol–water partition coefficient (Wildman–Crippen LogP) is 4.37. The van der Waals surface area contributed by atoms with E-state index < -0.39 is 23.6 Å². The van der Waals surface area contributed by atoms with Crippen molar-refractivity contribution in [3.8, 4) is 5.75 Å². The first-order valence-corrected chi connectivity index (χ1v) is 9.20. The lowest BCUT2D eigenvalue weighted by Gasteiger charge is -2.12. The molecular formula is C18H12Cl2N2O4S. The molecule has 1 aliphatic rings. The minimum Gasteiger partial charge on any atom is -0.506 e. The highest BCUT2D eigenvalue weighted by Crippen LogP contribution is 2.33. The minimum atomic E-state index is -0.574. The molecule has 0 unspecified atom stereocenters. The lowest BCUT2D eigenvalue weighted by Crippen LogP contribution is -2.36. The van der Waals surface area contributed by atoms with Crippen LogP contribution >= 0.6 is 35.0 Å². The van der Waals surface area contributed by atoms with Crippen LogP contribution in [0.5, 0.6) is 5.75 Å². The van der Waals surface area contributed by atoms with Crippen molar-refractivity contribution in [2.45, 2.75) is 0 Å². The van der Waals surface area contributed by atoms with Gasteiger partial charge in [0.25, 0.3) is 11.1 Å². The van der Waals surface area contributed by atoms with Crippen LogP contribution in [0.1, 0.15) is 5.56 Å². The molecule has 0 aromatic heterocycles. The Morgan fingerprint density at radius 2 is 1.96 bits per heavy atom. The van der Waals surface area contributed by atoms with Crippen LogP contribution in [0, 0.1) is 0 Å². The molecule has 0 saturated carbocycles. The van der Waals surface area contributed by atoms with Crippen molar-refractivity contribution >= 4 is 63.8 Å². The van der Waals surface area contributed by atoms with E-state index in [0.717, 1.165) is 16.7 Å². The number of phenols is 1. The van der Waals surface area contributed by atoms with E-state index >= 15 is 0 Å². The molecule has 3 amide bonds. The maximum Gasteiger partial charge on any atom is 0.294 e. The second-order valence-corrected chi connectivity index (χ2v) is 7.37. The van der Waals surface area contributed by atoms with Crippen LogP contribution in [0.15, 0.2) is 47.4 Å². The normalized spacial score (nSPS) is 15.5. The van der Waals surface area contributed by atoms with Crippen molar-refractivity contribution in [3.05, 3.63) is 63.0 Å². The molecule has 6 nitrogen and oxygen atoms in total. The predicted molar refractivity (Wildman–Crippen MR) is 106 cm³/mol. The summed E-state index contributed by atoms with van der Waals surface area (Å²) < 4.78 is 0. The molecule has 1 fully saturated rings. The summed E-state index contributed by atoms with van der Waals surface area (Å²) in [4.78, 5) is 37.7. The fourth-order valence-corrected chi connectivity index (χ4v) is 3.53. The zero-order chi connectivity index (χ0) is 19.6. The number of nitrogens with one attached hydrogen (secondary N) is 1. The maximum atomic E-state index is 12.4. The van der Waals surface area contributed by atoms with E-state index in [1.54, 1.807) is 30.3 Å². The van der Waals surface area contributed by atoms with Gasteiger partial charge in [-0.1, -0.05) is 35.3 Å². The number of phenolic OH excluding ortho intramolecular Hbond substituents is 1. The van der Waals surface area contributed by atoms with E-state index in [-0.39, 0.29) is 15.7 Å². The Morgan fingerprint density at radius 3 is 2.67 bits per heavy atom. The Kier molecular flexibility index (Phi) is 5.74. The first kappa shape index (κ1) is 19.3. The Labute approximate surface area is 168 Å². The Balaban J connectivity index is 1.71. The third-order valence-corrected chi connectivity index (χ3v) is 5.00. The number of imide groups is 1. The first-order chi connectivity index (χ1) is 12.8. The molecule has 138 valence electrons. The standard InChI is InChI=1S/C18H12Cl2N2O4S/c19-11-2-1-3-12(8-11)21-16(24)9-22-17(25)15(27-18(22)26)7-10-4-5-14(23)13(20)6-10/h1-8,23H,9H2,(H,21,24)/b15-7+. The van der Waals surface area contributed by atoms with E-state index in [9.17, 15) is 19.5 Å². The average molecular weight is 423 g/mol. The third-order valence-electron chi connectivity index (χ3n) is 3.55. The van der Waals surface area contributed by atoms with Gasteiger partial charge in [-0.3, -0.25) is 19.3 Å². The van der Waals surface area contributed by atoms with Crippen molar-refractivity contribution in [2.75, 3.05) is 11.9 Å². The van der Waals surface area contributed by atoms with Crippen LogP contribution in [0.25, 0.3) is 6.08 Å². The van der Waals surface area contributed by atoms with Gasteiger partial charge in [0.1, 0.15) is 12.3 Å². The lowest BCUT2D eigenvalue weighted by molar-refractivity contribution is -0.127. The van der Waals surface area contributed by atoms with E-state index in [4.69, 9.17) is 23.2 Å². The molecule has 3 rings (SSSR count). The number of benzene rings is 2. The number of nitrogens with zero attached hydrogens (tertiary/aromatic N) is 1. The third kappa shape index (κ3) is 4.63. The van der Waals surface area contributed by atoms with Gasteiger partial charge in [-0.2, -0.15) is 0 Å². The van der Waals surface area contributed by atoms with Gasteiger partial charge < -0.3 is 10.4 Å². The zero-order valence-corrected chi connectivity index (χ0v) is 15.9. The van der Waals surface area contributed by atoms with Crippen molar-refractivity contribution in [1.82, 2.24) is 4.90 Å². The molecule has 0 aliphatic carbocycles. The molecule has 0 radical (unpaired) electrons. The topological polar surface area (TPSA) is 86.7 Å². The molecule has 27 heavy (non-hydrogen) atoms. The second-order valence-electron chi connectivity index (χ2n) is 5.54. The summed E-state index contributed by atoms with van der Waals surface area (Å²) in [5.74, 6) is -1.18. The summed E-state index contributed by atoms with van der Waals surface area (Å²) in [6, 6.07) is 10.9. The average Bonchev–Trinajstić information content (AvgIpc) is 2.85. The SMILES string of the molecule is O=C(CN1C(=O)S/C(=C/c2ccc(O)c(Cl)c2)C1=O)Nc1cccc(Cl)c1. The summed E-state index contributed by atoms with van der Waals surface area (Å²) in [5, 5.41) is 12.1. The van der Waals surface area contributed by atoms with Crippen LogP contribution in [-0.4, -0.2) is 33.6 Å². The van der Waals surface area contributed by atoms with E-state index in [1.807, 2.05) is 0 Å².